The van der Waals surface area contributed by atoms with E-state index >= 15 is 0 Å². The highest BCUT2D eigenvalue weighted by molar-refractivity contribution is 7.99. The Morgan fingerprint density at radius 2 is 2.24 bits per heavy atom. The molecule has 1 N–H and O–H groups in total. The number of aliphatic carboxylic acids is 1. The van der Waals surface area contributed by atoms with Crippen LogP contribution in [0.4, 0.5) is 0 Å². The van der Waals surface area contributed by atoms with Crippen molar-refractivity contribution in [3.8, 4) is 0 Å². The van der Waals surface area contributed by atoms with Crippen LogP contribution in [0.15, 0.2) is 11.4 Å². The maximum atomic E-state index is 10.6. The number of nitrogens with zero attached hydrogens (tertiary/aromatic N) is 2. The van der Waals surface area contributed by atoms with E-state index in [0.717, 1.165) is 23.8 Å². The van der Waals surface area contributed by atoms with Crippen LogP contribution in [0, 0.1) is 12.3 Å². The fourth-order valence-electron chi connectivity index (χ4n) is 1.45. The van der Waals surface area contributed by atoms with Gasteiger partial charge in [-0.3, -0.25) is 4.79 Å². The van der Waals surface area contributed by atoms with Crippen LogP contribution in [-0.2, 0) is 11.3 Å². The van der Waals surface area contributed by atoms with Crippen LogP contribution in [0.3, 0.4) is 0 Å². The van der Waals surface area contributed by atoms with Crippen molar-refractivity contribution in [2.75, 3.05) is 5.75 Å². The highest BCUT2D eigenvalue weighted by Gasteiger charge is 2.18. The second kappa shape index (κ2) is 5.58. The molecular formula is C12H20N2O2S. The van der Waals surface area contributed by atoms with Gasteiger partial charge in [0.05, 0.1) is 11.4 Å². The maximum absolute atomic E-state index is 10.6. The second-order valence-corrected chi connectivity index (χ2v) is 5.94. The van der Waals surface area contributed by atoms with Gasteiger partial charge in [0.1, 0.15) is 0 Å². The van der Waals surface area contributed by atoms with E-state index in [0.29, 0.717) is 0 Å². The SMILES string of the molecule is CCC(C)(C)Cn1cc(C)nc1SCC(=O)O. The molecule has 96 valence electrons. The smallest absolute Gasteiger partial charge is 0.313 e. The lowest BCUT2D eigenvalue weighted by molar-refractivity contribution is -0.133. The molecule has 0 fully saturated rings. The van der Waals surface area contributed by atoms with E-state index in [4.69, 9.17) is 5.11 Å². The van der Waals surface area contributed by atoms with Crippen molar-refractivity contribution >= 4 is 17.7 Å². The number of aryl methyl sites for hydroxylation is 1. The molecule has 0 aliphatic heterocycles. The van der Waals surface area contributed by atoms with Crippen molar-refractivity contribution in [2.45, 2.75) is 45.8 Å². The first-order valence-electron chi connectivity index (χ1n) is 5.72. The zero-order valence-electron chi connectivity index (χ0n) is 10.9. The molecule has 0 aromatic carbocycles. The fourth-order valence-corrected chi connectivity index (χ4v) is 2.20. The van der Waals surface area contributed by atoms with Crippen LogP contribution >= 0.6 is 11.8 Å². The number of imidazole rings is 1. The largest absolute Gasteiger partial charge is 0.481 e. The average molecular weight is 256 g/mol. The summed E-state index contributed by atoms with van der Waals surface area (Å²) in [6.07, 6.45) is 3.06. The molecule has 0 amide bonds. The molecular weight excluding hydrogens is 236 g/mol. The van der Waals surface area contributed by atoms with Gasteiger partial charge in [-0.15, -0.1) is 0 Å². The lowest BCUT2D eigenvalue weighted by atomic mass is 9.90. The quantitative estimate of drug-likeness (QED) is 0.795. The van der Waals surface area contributed by atoms with Crippen LogP contribution < -0.4 is 0 Å². The van der Waals surface area contributed by atoms with Gasteiger partial charge in [-0.1, -0.05) is 32.5 Å². The highest BCUT2D eigenvalue weighted by Crippen LogP contribution is 2.26. The van der Waals surface area contributed by atoms with Gasteiger partial charge in [0.15, 0.2) is 5.16 Å². The van der Waals surface area contributed by atoms with Crippen molar-refractivity contribution in [1.29, 1.82) is 0 Å². The first kappa shape index (κ1) is 14.1. The van der Waals surface area contributed by atoms with Crippen molar-refractivity contribution < 1.29 is 9.90 Å². The van der Waals surface area contributed by atoms with E-state index < -0.39 is 5.97 Å². The topological polar surface area (TPSA) is 55.1 Å². The predicted octanol–water partition coefficient (Wildman–Crippen LogP) is 2.80. The standard InChI is InChI=1S/C12H20N2O2S/c1-5-12(3,4)8-14-6-9(2)13-11(14)17-7-10(15)16/h6H,5,7-8H2,1-4H3,(H,15,16). The van der Waals surface area contributed by atoms with E-state index in [9.17, 15) is 4.79 Å². The zero-order chi connectivity index (χ0) is 13.1. The first-order valence-corrected chi connectivity index (χ1v) is 6.71. The molecule has 0 aliphatic carbocycles. The minimum absolute atomic E-state index is 0.0585. The summed E-state index contributed by atoms with van der Waals surface area (Å²) < 4.78 is 2.06. The molecule has 0 unspecified atom stereocenters. The van der Waals surface area contributed by atoms with Crippen molar-refractivity contribution in [3.05, 3.63) is 11.9 Å². The Morgan fingerprint density at radius 3 is 2.76 bits per heavy atom. The lowest BCUT2D eigenvalue weighted by Crippen LogP contribution is -2.18. The summed E-state index contributed by atoms with van der Waals surface area (Å²) in [4.78, 5) is 14.9. The highest BCUT2D eigenvalue weighted by atomic mass is 32.2. The van der Waals surface area contributed by atoms with Crippen molar-refractivity contribution in [2.24, 2.45) is 5.41 Å². The normalized spacial score (nSPS) is 11.8. The monoisotopic (exact) mass is 256 g/mol. The zero-order valence-corrected chi connectivity index (χ0v) is 11.7. The number of carbonyl (C=O) groups is 1. The molecule has 5 heteroatoms. The molecule has 0 atom stereocenters. The van der Waals surface area contributed by atoms with Crippen LogP contribution in [-0.4, -0.2) is 26.4 Å². The van der Waals surface area contributed by atoms with Gasteiger partial charge in [0, 0.05) is 12.7 Å². The van der Waals surface area contributed by atoms with Crippen LogP contribution in [0.2, 0.25) is 0 Å². The molecule has 0 bridgehead atoms. The molecule has 0 spiro atoms. The van der Waals surface area contributed by atoms with E-state index in [-0.39, 0.29) is 11.2 Å². The van der Waals surface area contributed by atoms with Gasteiger partial charge in [-0.25, -0.2) is 4.98 Å². The molecule has 1 rings (SSSR count). The van der Waals surface area contributed by atoms with Gasteiger partial charge >= 0.3 is 5.97 Å². The Hall–Kier alpha value is -0.970. The molecule has 1 aromatic rings. The second-order valence-electron chi connectivity index (χ2n) is 4.99. The molecule has 17 heavy (non-hydrogen) atoms. The van der Waals surface area contributed by atoms with E-state index in [1.54, 1.807) is 0 Å². The average Bonchev–Trinajstić information content (AvgIpc) is 2.55. The third kappa shape index (κ3) is 4.42. The summed E-state index contributed by atoms with van der Waals surface area (Å²) in [6.45, 7) is 9.36. The number of carboxylic acid groups (broad SMARTS) is 1. The third-order valence-electron chi connectivity index (χ3n) is 2.74. The van der Waals surface area contributed by atoms with Gasteiger partial charge < -0.3 is 9.67 Å². The molecule has 4 nitrogen and oxygen atoms in total. The Kier molecular flexibility index (Phi) is 4.62. The van der Waals surface area contributed by atoms with Gasteiger partial charge in [0.2, 0.25) is 0 Å². The molecule has 1 heterocycles. The maximum Gasteiger partial charge on any atom is 0.313 e. The summed E-state index contributed by atoms with van der Waals surface area (Å²) in [6, 6.07) is 0. The summed E-state index contributed by atoms with van der Waals surface area (Å²) >= 11 is 1.28. The van der Waals surface area contributed by atoms with E-state index in [2.05, 4.69) is 30.3 Å². The fraction of sp³-hybridized carbons (Fsp3) is 0.667. The number of hydrogen-bond donors (Lipinski definition) is 1. The Bertz CT molecular complexity index is 399. The number of aromatic nitrogens is 2. The first-order chi connectivity index (χ1) is 7.84. The van der Waals surface area contributed by atoms with Gasteiger partial charge in [-0.05, 0) is 18.8 Å². The molecule has 0 saturated carbocycles. The summed E-state index contributed by atoms with van der Waals surface area (Å²) in [5, 5.41) is 9.49. The van der Waals surface area contributed by atoms with E-state index in [1.165, 1.54) is 11.8 Å². The molecule has 1 aromatic heterocycles. The Morgan fingerprint density at radius 1 is 1.59 bits per heavy atom. The van der Waals surface area contributed by atoms with Crippen LogP contribution in [0.1, 0.15) is 32.9 Å². The molecule has 0 radical (unpaired) electrons. The lowest BCUT2D eigenvalue weighted by Gasteiger charge is -2.23. The number of hydrogen-bond acceptors (Lipinski definition) is 3. The van der Waals surface area contributed by atoms with E-state index in [1.807, 2.05) is 13.1 Å². The minimum atomic E-state index is -0.808. The number of thioether (sulfide) groups is 1. The predicted molar refractivity (Wildman–Crippen MR) is 69.4 cm³/mol. The van der Waals surface area contributed by atoms with Crippen molar-refractivity contribution in [1.82, 2.24) is 9.55 Å². The Labute approximate surface area is 106 Å². The van der Waals surface area contributed by atoms with Crippen LogP contribution in [0.25, 0.3) is 0 Å². The number of rotatable bonds is 6. The third-order valence-corrected chi connectivity index (χ3v) is 3.72. The summed E-state index contributed by atoms with van der Waals surface area (Å²) in [5.41, 5.74) is 1.14. The number of carboxylic acids is 1. The van der Waals surface area contributed by atoms with Crippen molar-refractivity contribution in [3.63, 3.8) is 0 Å². The molecule has 0 saturated heterocycles. The summed E-state index contributed by atoms with van der Waals surface area (Å²) in [5.74, 6) is -0.750. The Balaban J connectivity index is 2.80. The molecule has 0 aliphatic rings. The van der Waals surface area contributed by atoms with Gasteiger partial charge in [0.25, 0.3) is 0 Å². The van der Waals surface area contributed by atoms with Crippen LogP contribution in [0.5, 0.6) is 0 Å². The van der Waals surface area contributed by atoms with Gasteiger partial charge in [-0.2, -0.15) is 0 Å². The summed E-state index contributed by atoms with van der Waals surface area (Å²) in [7, 11) is 0. The minimum Gasteiger partial charge on any atom is -0.481 e.